The van der Waals surface area contributed by atoms with Crippen molar-refractivity contribution in [3.63, 3.8) is 0 Å². The van der Waals surface area contributed by atoms with Crippen LogP contribution in [-0.2, 0) is 19.6 Å². The minimum Gasteiger partial charge on any atom is -0.493 e. The Morgan fingerprint density at radius 1 is 1.33 bits per heavy atom. The molecular weight excluding hydrogens is 293 g/mol. The molecule has 0 atom stereocenters. The van der Waals surface area contributed by atoms with E-state index in [0.29, 0.717) is 22.9 Å². The average Bonchev–Trinajstić information content (AvgIpc) is 2.93. The van der Waals surface area contributed by atoms with Gasteiger partial charge >= 0.3 is 0 Å². The number of nitrogens with two attached hydrogens (primary N) is 1. The maximum atomic E-state index is 13.7. The van der Waals surface area contributed by atoms with Gasteiger partial charge in [-0.3, -0.25) is 0 Å². The van der Waals surface area contributed by atoms with Crippen LogP contribution in [-0.4, -0.2) is 6.61 Å². The van der Waals surface area contributed by atoms with Crippen LogP contribution in [0.5, 0.6) is 11.5 Å². The average molecular weight is 308 g/mol. The Kier molecular flexibility index (Phi) is 3.99. The minimum atomic E-state index is -0.359. The van der Waals surface area contributed by atoms with Crippen LogP contribution in [0, 0.1) is 5.82 Å². The third-order valence-corrected chi connectivity index (χ3v) is 3.71. The summed E-state index contributed by atoms with van der Waals surface area (Å²) in [7, 11) is 0. The number of halogens is 2. The van der Waals surface area contributed by atoms with Gasteiger partial charge in [0.1, 0.15) is 23.9 Å². The molecule has 0 aliphatic carbocycles. The molecule has 2 aromatic carbocycles. The molecule has 1 heterocycles. The highest BCUT2D eigenvalue weighted by Gasteiger charge is 2.18. The van der Waals surface area contributed by atoms with Gasteiger partial charge in [-0.15, -0.1) is 0 Å². The molecule has 5 heteroatoms. The molecule has 0 saturated carbocycles. The highest BCUT2D eigenvalue weighted by Crippen LogP contribution is 2.34. The SMILES string of the molecule is NCc1c(F)cccc1OCc1cc(Cl)cc2c1OCC2. The van der Waals surface area contributed by atoms with Gasteiger partial charge in [0.2, 0.25) is 0 Å². The number of hydrogen-bond donors (Lipinski definition) is 1. The molecule has 0 bridgehead atoms. The first-order valence-electron chi connectivity index (χ1n) is 6.73. The van der Waals surface area contributed by atoms with E-state index in [1.165, 1.54) is 6.07 Å². The number of benzene rings is 2. The molecule has 0 aromatic heterocycles. The van der Waals surface area contributed by atoms with Crippen molar-refractivity contribution in [1.29, 1.82) is 0 Å². The first-order valence-corrected chi connectivity index (χ1v) is 7.11. The zero-order valence-corrected chi connectivity index (χ0v) is 12.1. The smallest absolute Gasteiger partial charge is 0.131 e. The summed E-state index contributed by atoms with van der Waals surface area (Å²) in [5.41, 5.74) is 7.89. The van der Waals surface area contributed by atoms with Crippen molar-refractivity contribution in [2.45, 2.75) is 19.6 Å². The molecule has 2 aromatic rings. The van der Waals surface area contributed by atoms with Gasteiger partial charge in [0.25, 0.3) is 0 Å². The molecule has 21 heavy (non-hydrogen) atoms. The molecule has 0 amide bonds. The van der Waals surface area contributed by atoms with Gasteiger partial charge in [0.05, 0.1) is 6.61 Å². The second-order valence-electron chi connectivity index (χ2n) is 4.86. The third-order valence-electron chi connectivity index (χ3n) is 3.49. The van der Waals surface area contributed by atoms with Crippen LogP contribution < -0.4 is 15.2 Å². The predicted octanol–water partition coefficient (Wildman–Crippen LogP) is 3.45. The third kappa shape index (κ3) is 2.82. The van der Waals surface area contributed by atoms with Gasteiger partial charge in [-0.1, -0.05) is 17.7 Å². The van der Waals surface area contributed by atoms with Gasteiger partial charge in [-0.05, 0) is 29.8 Å². The zero-order valence-electron chi connectivity index (χ0n) is 11.4. The summed E-state index contributed by atoms with van der Waals surface area (Å²) in [4.78, 5) is 0. The summed E-state index contributed by atoms with van der Waals surface area (Å²) < 4.78 is 25.0. The second-order valence-corrected chi connectivity index (χ2v) is 5.30. The van der Waals surface area contributed by atoms with Crippen LogP contribution in [0.25, 0.3) is 0 Å². The second kappa shape index (κ2) is 5.92. The van der Waals surface area contributed by atoms with E-state index in [4.69, 9.17) is 26.8 Å². The van der Waals surface area contributed by atoms with E-state index in [2.05, 4.69) is 0 Å². The van der Waals surface area contributed by atoms with Crippen LogP contribution in [0.2, 0.25) is 5.02 Å². The molecule has 0 spiro atoms. The summed E-state index contributed by atoms with van der Waals surface area (Å²) >= 11 is 6.10. The zero-order chi connectivity index (χ0) is 14.8. The van der Waals surface area contributed by atoms with Crippen LogP contribution >= 0.6 is 11.6 Å². The molecule has 0 saturated heterocycles. The number of rotatable bonds is 4. The summed E-state index contributed by atoms with van der Waals surface area (Å²) in [5, 5.41) is 0.649. The fourth-order valence-corrected chi connectivity index (χ4v) is 2.74. The molecular formula is C16H15ClFNO2. The Morgan fingerprint density at radius 3 is 3.00 bits per heavy atom. The Morgan fingerprint density at radius 2 is 2.19 bits per heavy atom. The topological polar surface area (TPSA) is 44.5 Å². The van der Waals surface area contributed by atoms with E-state index < -0.39 is 0 Å². The first-order chi connectivity index (χ1) is 10.2. The molecule has 2 N–H and O–H groups in total. The maximum absolute atomic E-state index is 13.7. The molecule has 3 nitrogen and oxygen atoms in total. The van der Waals surface area contributed by atoms with Crippen LogP contribution in [0.1, 0.15) is 16.7 Å². The van der Waals surface area contributed by atoms with Gasteiger partial charge < -0.3 is 15.2 Å². The van der Waals surface area contributed by atoms with E-state index in [1.807, 2.05) is 12.1 Å². The molecule has 1 aliphatic heterocycles. The Balaban J connectivity index is 1.85. The summed E-state index contributed by atoms with van der Waals surface area (Å²) in [6.45, 7) is 1.00. The lowest BCUT2D eigenvalue weighted by atomic mass is 10.1. The molecule has 0 unspecified atom stereocenters. The van der Waals surface area contributed by atoms with Crippen molar-refractivity contribution in [2.24, 2.45) is 5.73 Å². The van der Waals surface area contributed by atoms with Gasteiger partial charge in [0, 0.05) is 29.1 Å². The highest BCUT2D eigenvalue weighted by atomic mass is 35.5. The predicted molar refractivity (Wildman–Crippen MR) is 79.3 cm³/mol. The van der Waals surface area contributed by atoms with Crippen LogP contribution in [0.4, 0.5) is 4.39 Å². The standard InChI is InChI=1S/C16H15ClFNO2/c17-12-6-10-4-5-20-16(10)11(7-12)9-21-15-3-1-2-14(18)13(15)8-19/h1-3,6-7H,4-5,8-9,19H2. The van der Waals surface area contributed by atoms with E-state index in [1.54, 1.807) is 12.1 Å². The lowest BCUT2D eigenvalue weighted by Crippen LogP contribution is -2.05. The monoisotopic (exact) mass is 307 g/mol. The quantitative estimate of drug-likeness (QED) is 0.941. The number of ether oxygens (including phenoxy) is 2. The summed E-state index contributed by atoms with van der Waals surface area (Å²) in [5.74, 6) is 0.914. The summed E-state index contributed by atoms with van der Waals surface area (Å²) in [6, 6.07) is 8.39. The van der Waals surface area contributed by atoms with Crippen molar-refractivity contribution < 1.29 is 13.9 Å². The van der Waals surface area contributed by atoms with Crippen LogP contribution in [0.3, 0.4) is 0 Å². The Bertz CT molecular complexity index is 676. The fraction of sp³-hybridized carbons (Fsp3) is 0.250. The fourth-order valence-electron chi connectivity index (χ4n) is 2.48. The Labute approximate surface area is 127 Å². The number of fused-ring (bicyclic) bond motifs is 1. The van der Waals surface area contributed by atoms with Crippen molar-refractivity contribution in [3.05, 3.63) is 57.9 Å². The lowest BCUT2D eigenvalue weighted by molar-refractivity contribution is 0.288. The van der Waals surface area contributed by atoms with Crippen LogP contribution in [0.15, 0.2) is 30.3 Å². The minimum absolute atomic E-state index is 0.0894. The van der Waals surface area contributed by atoms with E-state index in [-0.39, 0.29) is 19.0 Å². The molecule has 110 valence electrons. The highest BCUT2D eigenvalue weighted by molar-refractivity contribution is 6.30. The van der Waals surface area contributed by atoms with Gasteiger partial charge in [-0.2, -0.15) is 0 Å². The van der Waals surface area contributed by atoms with Crippen molar-refractivity contribution in [1.82, 2.24) is 0 Å². The van der Waals surface area contributed by atoms with Crippen molar-refractivity contribution in [2.75, 3.05) is 6.61 Å². The van der Waals surface area contributed by atoms with Gasteiger partial charge in [0.15, 0.2) is 0 Å². The normalized spacial score (nSPS) is 12.9. The van der Waals surface area contributed by atoms with E-state index >= 15 is 0 Å². The molecule has 0 fully saturated rings. The summed E-state index contributed by atoms with van der Waals surface area (Å²) in [6.07, 6.45) is 0.844. The molecule has 0 radical (unpaired) electrons. The lowest BCUT2D eigenvalue weighted by Gasteiger charge is -2.13. The molecule has 1 aliphatic rings. The van der Waals surface area contributed by atoms with Crippen molar-refractivity contribution in [3.8, 4) is 11.5 Å². The Hall–Kier alpha value is -1.78. The van der Waals surface area contributed by atoms with E-state index in [0.717, 1.165) is 23.3 Å². The maximum Gasteiger partial charge on any atom is 0.131 e. The van der Waals surface area contributed by atoms with Crippen molar-refractivity contribution >= 4 is 11.6 Å². The van der Waals surface area contributed by atoms with E-state index in [9.17, 15) is 4.39 Å². The van der Waals surface area contributed by atoms with Gasteiger partial charge in [-0.25, -0.2) is 4.39 Å². The first kappa shape index (κ1) is 14.2. The largest absolute Gasteiger partial charge is 0.493 e. The number of hydrogen-bond acceptors (Lipinski definition) is 3. The molecule has 3 rings (SSSR count).